The first kappa shape index (κ1) is 59.0. The van der Waals surface area contributed by atoms with E-state index in [0.717, 1.165) is 44.9 Å². The molecule has 9 rings (SSSR count). The average molecular weight is 1090 g/mol. The third-order valence-corrected chi connectivity index (χ3v) is 21.5. The molecule has 4 heterocycles. The molecule has 5 aliphatic carbocycles. The summed E-state index contributed by atoms with van der Waals surface area (Å²) in [7, 11) is 0. The van der Waals surface area contributed by atoms with Gasteiger partial charge in [0, 0.05) is 0 Å². The van der Waals surface area contributed by atoms with Crippen LogP contribution >= 0.6 is 0 Å². The zero-order chi connectivity index (χ0) is 55.6. The number of carbonyl (C=O) groups is 1. The number of rotatable bonds is 12. The fraction of sp³-hybridized carbons (Fsp3) is 0.944. The molecule has 0 aromatic carbocycles. The number of fused-ring (bicyclic) bond motifs is 7. The molecular weight excluding hydrogens is 1000 g/mol. The number of ether oxygens (including phenoxy) is 8. The van der Waals surface area contributed by atoms with Gasteiger partial charge in [0.15, 0.2) is 25.2 Å². The highest BCUT2D eigenvalue weighted by Gasteiger charge is 2.70. The monoisotopic (exact) mass is 1090 g/mol. The van der Waals surface area contributed by atoms with Gasteiger partial charge >= 0.3 is 5.97 Å². The van der Waals surface area contributed by atoms with Crippen LogP contribution in [0.5, 0.6) is 0 Å². The summed E-state index contributed by atoms with van der Waals surface area (Å²) >= 11 is 0. The normalized spacial score (nSPS) is 54.0. The van der Waals surface area contributed by atoms with Gasteiger partial charge < -0.3 is 104 Å². The first-order valence-corrected chi connectivity index (χ1v) is 27.7. The van der Waals surface area contributed by atoms with Crippen LogP contribution in [0.1, 0.15) is 120 Å². The fourth-order valence-corrected chi connectivity index (χ4v) is 16.6. The summed E-state index contributed by atoms with van der Waals surface area (Å²) in [5, 5.41) is 141. The standard InChI is InChI=1S/C54H88O22/c1-23-32(58)35(61)38(64)44(69-23)75-42-37(63)34(60)27(21-56)71-47(42)76-43-40(66)41(74-45-39(65)36(62)33(59)26(20-55)70-45)28(22-57)72-46(43)73-31-12-13-51(6)29(50(31,4)5)11-14-53(8)30(51)10-9-24-25-19-49(2,3)15-17-54(25,48(67)68)18-16-52(24,53)7/h9,23,25-47,55-66H,10-22H2,1-8H3,(H,67,68)/t23-,25-,26+,27+,28+,29-,30+,31-,32-,33+,34+,35+,36-,37-,38+,39+,40-,41+,42+,43+,44-,45-,46-,47-,51-,52+,53+,54-/m0/s1. The predicted molar refractivity (Wildman–Crippen MR) is 262 cm³/mol. The number of aliphatic hydroxyl groups excluding tert-OH is 12. The topological polar surface area (TPSA) is 354 Å². The number of allylic oxidation sites excluding steroid dienone is 2. The van der Waals surface area contributed by atoms with Crippen molar-refractivity contribution in [3.63, 3.8) is 0 Å². The summed E-state index contributed by atoms with van der Waals surface area (Å²) in [6.45, 7) is 15.0. The van der Waals surface area contributed by atoms with Crippen LogP contribution in [-0.2, 0) is 42.7 Å². The molecule has 22 nitrogen and oxygen atoms in total. The summed E-state index contributed by atoms with van der Waals surface area (Å²) in [6.07, 6.45) is -24.8. The number of hydrogen-bond donors (Lipinski definition) is 13. The first-order chi connectivity index (χ1) is 35.5. The van der Waals surface area contributed by atoms with Gasteiger partial charge in [-0.1, -0.05) is 60.1 Å². The molecule has 8 fully saturated rings. The molecule has 76 heavy (non-hydrogen) atoms. The minimum absolute atomic E-state index is 0.0245. The third kappa shape index (κ3) is 9.47. The molecule has 0 spiro atoms. The maximum absolute atomic E-state index is 13.3. The van der Waals surface area contributed by atoms with Gasteiger partial charge in [-0.05, 0) is 116 Å². The van der Waals surface area contributed by atoms with Crippen LogP contribution in [0.4, 0.5) is 0 Å². The molecule has 13 N–H and O–H groups in total. The van der Waals surface area contributed by atoms with Crippen LogP contribution in [0.15, 0.2) is 11.6 Å². The lowest BCUT2D eigenvalue weighted by molar-refractivity contribution is -0.407. The van der Waals surface area contributed by atoms with Gasteiger partial charge in [-0.3, -0.25) is 4.79 Å². The molecule has 0 amide bonds. The van der Waals surface area contributed by atoms with E-state index in [1.165, 1.54) is 12.5 Å². The molecule has 0 bridgehead atoms. The van der Waals surface area contributed by atoms with E-state index in [-0.39, 0.29) is 39.4 Å². The quantitative estimate of drug-likeness (QED) is 0.0870. The van der Waals surface area contributed by atoms with Gasteiger partial charge in [-0.2, -0.15) is 0 Å². The van der Waals surface area contributed by atoms with E-state index in [1.54, 1.807) is 0 Å². The van der Waals surface area contributed by atoms with Crippen molar-refractivity contribution in [1.82, 2.24) is 0 Å². The van der Waals surface area contributed by atoms with Gasteiger partial charge in [-0.25, -0.2) is 0 Å². The molecule has 28 atom stereocenters. The highest BCUT2D eigenvalue weighted by molar-refractivity contribution is 5.76. The summed E-state index contributed by atoms with van der Waals surface area (Å²) in [6, 6.07) is 0. The molecule has 4 saturated heterocycles. The zero-order valence-electron chi connectivity index (χ0n) is 45.1. The van der Waals surface area contributed by atoms with E-state index < -0.39 is 166 Å². The van der Waals surface area contributed by atoms with Crippen LogP contribution in [0.3, 0.4) is 0 Å². The van der Waals surface area contributed by atoms with Gasteiger partial charge in [0.25, 0.3) is 0 Å². The van der Waals surface area contributed by atoms with E-state index in [1.807, 2.05) is 0 Å². The van der Waals surface area contributed by atoms with E-state index >= 15 is 0 Å². The zero-order valence-corrected chi connectivity index (χ0v) is 45.1. The van der Waals surface area contributed by atoms with Crippen molar-refractivity contribution in [2.24, 2.45) is 50.2 Å². The van der Waals surface area contributed by atoms with Gasteiger partial charge in [0.05, 0.1) is 37.4 Å². The largest absolute Gasteiger partial charge is 0.481 e. The lowest BCUT2D eigenvalue weighted by Crippen LogP contribution is -2.68. The van der Waals surface area contributed by atoms with E-state index in [4.69, 9.17) is 37.9 Å². The summed E-state index contributed by atoms with van der Waals surface area (Å²) < 4.78 is 49.4. The second kappa shape index (κ2) is 21.3. The summed E-state index contributed by atoms with van der Waals surface area (Å²) in [5.41, 5.74) is -0.582. The number of aliphatic hydroxyl groups is 12. The second-order valence-electron chi connectivity index (χ2n) is 26.3. The van der Waals surface area contributed by atoms with Crippen molar-refractivity contribution < 1.29 is 109 Å². The SMILES string of the molecule is C[C@@H]1O[C@@H](O[C@H]2[C@H](O[C@H]3[C@H](O[C@H]4CC[C@]5(C)[C@H]6CC=C7[C@@H]8CC(C)(C)CC[C@]8(C(=O)O)CC[C@@]7(C)[C@]6(C)CC[C@H]5C4(C)C)O[C@H](CO)[C@@H](O[C@@H]4O[C@H](CO)[C@@H](O)[C@H](O)[C@H]4O)[C@@H]3O)O[C@H](CO)[C@@H](O)[C@@H]2O)[C@H](O)[C@H](O)[C@H]1O. The highest BCUT2D eigenvalue weighted by atomic mass is 16.8. The molecular formula is C54H88O22. The number of hydrogen-bond acceptors (Lipinski definition) is 21. The van der Waals surface area contributed by atoms with Crippen LogP contribution in [-0.4, -0.2) is 221 Å². The maximum atomic E-state index is 13.3. The Bertz CT molecular complexity index is 2090. The number of aliphatic carboxylic acids is 1. The molecule has 0 aromatic rings. The predicted octanol–water partition coefficient (Wildman–Crippen LogP) is -0.442. The summed E-state index contributed by atoms with van der Waals surface area (Å²) in [4.78, 5) is 13.3. The Morgan fingerprint density at radius 1 is 0.553 bits per heavy atom. The lowest BCUT2D eigenvalue weighted by atomic mass is 9.33. The molecule has 9 aliphatic rings. The van der Waals surface area contributed by atoms with E-state index in [2.05, 4.69) is 54.5 Å². The molecule has 436 valence electrons. The molecule has 0 aromatic heterocycles. The highest BCUT2D eigenvalue weighted by Crippen LogP contribution is 2.76. The van der Waals surface area contributed by atoms with E-state index in [9.17, 15) is 71.2 Å². The second-order valence-corrected chi connectivity index (χ2v) is 26.3. The first-order valence-electron chi connectivity index (χ1n) is 27.7. The van der Waals surface area contributed by atoms with Crippen molar-refractivity contribution in [2.75, 3.05) is 19.8 Å². The minimum Gasteiger partial charge on any atom is -0.481 e. The molecule has 0 radical (unpaired) electrons. The van der Waals surface area contributed by atoms with Gasteiger partial charge in [-0.15, -0.1) is 0 Å². The van der Waals surface area contributed by atoms with Crippen LogP contribution < -0.4 is 0 Å². The summed E-state index contributed by atoms with van der Waals surface area (Å²) in [5.74, 6) is -0.401. The third-order valence-electron chi connectivity index (χ3n) is 21.5. The molecule has 22 heteroatoms. The van der Waals surface area contributed by atoms with E-state index in [0.29, 0.717) is 19.3 Å². The van der Waals surface area contributed by atoms with Crippen molar-refractivity contribution in [1.29, 1.82) is 0 Å². The van der Waals surface area contributed by atoms with Crippen LogP contribution in [0.2, 0.25) is 0 Å². The number of carboxylic acids is 1. The Morgan fingerprint density at radius 2 is 1.08 bits per heavy atom. The Labute approximate surface area is 444 Å². The van der Waals surface area contributed by atoms with Crippen molar-refractivity contribution in [3.8, 4) is 0 Å². The van der Waals surface area contributed by atoms with Crippen molar-refractivity contribution in [3.05, 3.63) is 11.6 Å². The van der Waals surface area contributed by atoms with Gasteiger partial charge in [0.1, 0.15) is 91.6 Å². The Hall–Kier alpha value is -1.59. The molecule has 0 unspecified atom stereocenters. The minimum atomic E-state index is -1.94. The lowest BCUT2D eigenvalue weighted by Gasteiger charge is -2.71. The molecule has 4 aliphatic heterocycles. The van der Waals surface area contributed by atoms with Gasteiger partial charge in [0.2, 0.25) is 0 Å². The Kier molecular flexibility index (Phi) is 16.6. The van der Waals surface area contributed by atoms with Crippen LogP contribution in [0, 0.1) is 50.2 Å². The Morgan fingerprint density at radius 3 is 1.71 bits per heavy atom. The Balaban J connectivity index is 1.02. The fourth-order valence-electron chi connectivity index (χ4n) is 16.6. The maximum Gasteiger partial charge on any atom is 0.310 e. The average Bonchev–Trinajstić information content (AvgIpc) is 3.36. The van der Waals surface area contributed by atoms with Crippen molar-refractivity contribution >= 4 is 5.97 Å². The van der Waals surface area contributed by atoms with Crippen molar-refractivity contribution in [2.45, 2.75) is 249 Å². The van der Waals surface area contributed by atoms with Crippen LogP contribution in [0.25, 0.3) is 0 Å². The molecule has 4 saturated carbocycles. The number of carboxylic acid groups (broad SMARTS) is 1. The smallest absolute Gasteiger partial charge is 0.310 e.